The van der Waals surface area contributed by atoms with Crippen molar-refractivity contribution in [2.45, 2.75) is 0 Å². The molecule has 0 spiro atoms. The van der Waals surface area contributed by atoms with Crippen LogP contribution in [0, 0.1) is 0 Å². The van der Waals surface area contributed by atoms with Gasteiger partial charge in [0.1, 0.15) is 0 Å². The Morgan fingerprint density at radius 2 is 1.62 bits per heavy atom. The van der Waals surface area contributed by atoms with Gasteiger partial charge in [-0.3, -0.25) is 9.59 Å². The molecule has 1 aliphatic heterocycles. The van der Waals surface area contributed by atoms with Gasteiger partial charge in [-0.25, -0.2) is 0 Å². The quantitative estimate of drug-likeness (QED) is 0.707. The molecule has 8 heteroatoms. The fraction of sp³-hybridized carbons (Fsp3) is 0.222. The highest BCUT2D eigenvalue weighted by Crippen LogP contribution is 2.36. The second-order valence-corrected chi connectivity index (χ2v) is 7.39. The van der Waals surface area contributed by atoms with Crippen LogP contribution < -0.4 is 4.90 Å². The van der Waals surface area contributed by atoms with Crippen molar-refractivity contribution in [2.75, 3.05) is 31.1 Å². The van der Waals surface area contributed by atoms with Crippen LogP contribution >= 0.6 is 46.4 Å². The molecule has 0 N–H and O–H groups in total. The van der Waals surface area contributed by atoms with Crippen molar-refractivity contribution in [3.05, 3.63) is 61.5 Å². The molecule has 2 aromatic rings. The summed E-state index contributed by atoms with van der Waals surface area (Å²) in [5.74, 6) is -0.154. The minimum atomic E-state index is -0.154. The number of benzene rings is 2. The van der Waals surface area contributed by atoms with Crippen molar-refractivity contribution in [1.29, 1.82) is 0 Å². The van der Waals surface area contributed by atoms with E-state index in [1.54, 1.807) is 35.5 Å². The summed E-state index contributed by atoms with van der Waals surface area (Å²) in [5, 5.41) is 1.53. The SMILES string of the molecule is O=[C]c1ccc(Cl)c(N2CCN(C(=O)c3ccc(Cl)cc3Cl)CC2)c1Cl. The first-order valence-corrected chi connectivity index (χ1v) is 9.29. The summed E-state index contributed by atoms with van der Waals surface area (Å²) in [7, 11) is 0. The minimum Gasteiger partial charge on any atom is -0.366 e. The Bertz CT molecular complexity index is 865. The molecule has 0 bridgehead atoms. The number of halogens is 4. The molecule has 26 heavy (non-hydrogen) atoms. The number of hydrogen-bond acceptors (Lipinski definition) is 3. The van der Waals surface area contributed by atoms with Gasteiger partial charge >= 0.3 is 0 Å². The van der Waals surface area contributed by atoms with Crippen molar-refractivity contribution in [2.24, 2.45) is 0 Å². The van der Waals surface area contributed by atoms with Crippen LogP contribution in [-0.2, 0) is 4.79 Å². The molecular formula is C18H13Cl4N2O2. The summed E-state index contributed by atoms with van der Waals surface area (Å²) in [4.78, 5) is 27.3. The van der Waals surface area contributed by atoms with Crippen LogP contribution in [0.4, 0.5) is 5.69 Å². The van der Waals surface area contributed by atoms with E-state index in [-0.39, 0.29) is 16.5 Å². The molecule has 0 aliphatic carbocycles. The highest BCUT2D eigenvalue weighted by Gasteiger charge is 2.26. The maximum atomic E-state index is 12.7. The molecule has 0 aromatic heterocycles. The normalized spacial score (nSPS) is 14.5. The molecule has 135 valence electrons. The first-order valence-electron chi connectivity index (χ1n) is 7.78. The smallest absolute Gasteiger partial charge is 0.255 e. The topological polar surface area (TPSA) is 40.6 Å². The van der Waals surface area contributed by atoms with Gasteiger partial charge in [-0.05, 0) is 30.3 Å². The molecule has 0 saturated carbocycles. The molecule has 0 atom stereocenters. The number of carbonyl (C=O) groups is 1. The number of rotatable bonds is 3. The lowest BCUT2D eigenvalue weighted by atomic mass is 10.1. The molecule has 4 nitrogen and oxygen atoms in total. The third-order valence-electron chi connectivity index (χ3n) is 4.22. The summed E-state index contributed by atoms with van der Waals surface area (Å²) in [6.45, 7) is 2.00. The van der Waals surface area contributed by atoms with Crippen LogP contribution in [0.3, 0.4) is 0 Å². The number of amides is 1. The third-order valence-corrected chi connectivity index (χ3v) is 5.46. The fourth-order valence-corrected chi connectivity index (χ4v) is 4.01. The molecule has 1 aliphatic rings. The van der Waals surface area contributed by atoms with Gasteiger partial charge in [-0.2, -0.15) is 0 Å². The predicted octanol–water partition coefficient (Wildman–Crippen LogP) is 4.72. The van der Waals surface area contributed by atoms with Crippen molar-refractivity contribution in [3.8, 4) is 0 Å². The molecule has 0 unspecified atom stereocenters. The van der Waals surface area contributed by atoms with Crippen LogP contribution in [0.15, 0.2) is 30.3 Å². The lowest BCUT2D eigenvalue weighted by Gasteiger charge is -2.37. The van der Waals surface area contributed by atoms with Gasteiger partial charge in [0.25, 0.3) is 5.91 Å². The number of carbonyl (C=O) groups excluding carboxylic acids is 2. The second-order valence-electron chi connectivity index (χ2n) is 5.76. The maximum absolute atomic E-state index is 12.7. The zero-order valence-electron chi connectivity index (χ0n) is 13.4. The lowest BCUT2D eigenvalue weighted by Crippen LogP contribution is -2.49. The minimum absolute atomic E-state index is 0.154. The first-order chi connectivity index (χ1) is 12.4. The maximum Gasteiger partial charge on any atom is 0.255 e. The zero-order chi connectivity index (χ0) is 18.8. The van der Waals surface area contributed by atoms with Crippen molar-refractivity contribution in [3.63, 3.8) is 0 Å². The summed E-state index contributed by atoms with van der Waals surface area (Å²) >= 11 is 24.5. The molecule has 1 heterocycles. The van der Waals surface area contributed by atoms with E-state index in [0.29, 0.717) is 52.5 Å². The molecular weight excluding hydrogens is 418 g/mol. The van der Waals surface area contributed by atoms with Gasteiger partial charge in [0.05, 0.1) is 26.3 Å². The second kappa shape index (κ2) is 8.05. The van der Waals surface area contributed by atoms with Crippen LogP contribution in [0.1, 0.15) is 15.9 Å². The number of anilines is 1. The first kappa shape index (κ1) is 19.3. The predicted molar refractivity (Wildman–Crippen MR) is 106 cm³/mol. The van der Waals surface area contributed by atoms with Crippen LogP contribution in [-0.4, -0.2) is 43.3 Å². The summed E-state index contributed by atoms with van der Waals surface area (Å²) in [5.41, 5.74) is 1.27. The molecule has 1 fully saturated rings. The van der Waals surface area contributed by atoms with Gasteiger partial charge in [-0.1, -0.05) is 46.4 Å². The Morgan fingerprint density at radius 3 is 2.23 bits per heavy atom. The highest BCUT2D eigenvalue weighted by molar-refractivity contribution is 6.40. The largest absolute Gasteiger partial charge is 0.366 e. The number of hydrogen-bond donors (Lipinski definition) is 0. The fourth-order valence-electron chi connectivity index (χ4n) is 2.88. The van der Waals surface area contributed by atoms with Crippen molar-refractivity contribution >= 4 is 64.3 Å². The summed E-state index contributed by atoms with van der Waals surface area (Å²) in [6.07, 6.45) is 1.80. The van der Waals surface area contributed by atoms with Gasteiger partial charge in [-0.15, -0.1) is 0 Å². The summed E-state index contributed by atoms with van der Waals surface area (Å²) in [6, 6.07) is 7.96. The molecule has 3 rings (SSSR count). The van der Waals surface area contributed by atoms with Crippen molar-refractivity contribution in [1.82, 2.24) is 4.90 Å². The number of piperazine rings is 1. The van der Waals surface area contributed by atoms with E-state index < -0.39 is 0 Å². The summed E-state index contributed by atoms with van der Waals surface area (Å²) < 4.78 is 0. The van der Waals surface area contributed by atoms with E-state index in [2.05, 4.69) is 0 Å². The monoisotopic (exact) mass is 429 g/mol. The van der Waals surface area contributed by atoms with Gasteiger partial charge < -0.3 is 9.80 Å². The molecule has 2 aromatic carbocycles. The zero-order valence-corrected chi connectivity index (χ0v) is 16.5. The lowest BCUT2D eigenvalue weighted by molar-refractivity contribution is 0.0747. The van der Waals surface area contributed by atoms with E-state index in [1.165, 1.54) is 6.07 Å². The molecule has 1 radical (unpaired) electrons. The van der Waals surface area contributed by atoms with Gasteiger partial charge in [0.15, 0.2) is 0 Å². The van der Waals surface area contributed by atoms with E-state index in [9.17, 15) is 9.59 Å². The van der Waals surface area contributed by atoms with Crippen LogP contribution in [0.5, 0.6) is 0 Å². The van der Waals surface area contributed by atoms with E-state index >= 15 is 0 Å². The van der Waals surface area contributed by atoms with E-state index in [0.717, 1.165) is 0 Å². The Morgan fingerprint density at radius 1 is 0.923 bits per heavy atom. The average molecular weight is 431 g/mol. The number of nitrogens with zero attached hydrogens (tertiary/aromatic N) is 2. The Hall–Kier alpha value is -1.46. The van der Waals surface area contributed by atoms with Gasteiger partial charge in [0.2, 0.25) is 6.29 Å². The van der Waals surface area contributed by atoms with Gasteiger partial charge in [0, 0.05) is 36.8 Å². The van der Waals surface area contributed by atoms with Crippen LogP contribution in [0.2, 0.25) is 20.1 Å². The standard InChI is InChI=1S/C18H13Cl4N2O2/c19-12-2-3-13(15(21)9-12)18(26)24-7-5-23(6-8-24)17-14(20)4-1-11(10-25)16(17)22/h1-4,9H,5-8H2. The van der Waals surface area contributed by atoms with E-state index in [4.69, 9.17) is 46.4 Å². The van der Waals surface area contributed by atoms with Crippen LogP contribution in [0.25, 0.3) is 0 Å². The Labute approximate surface area is 171 Å². The third kappa shape index (κ3) is 3.79. The Kier molecular flexibility index (Phi) is 5.98. The highest BCUT2D eigenvalue weighted by atomic mass is 35.5. The van der Waals surface area contributed by atoms with Crippen molar-refractivity contribution < 1.29 is 9.59 Å². The molecule has 1 amide bonds. The van der Waals surface area contributed by atoms with E-state index in [1.807, 2.05) is 4.90 Å². The Balaban J connectivity index is 1.76. The molecule has 1 saturated heterocycles. The average Bonchev–Trinajstić information content (AvgIpc) is 2.62.